The van der Waals surface area contributed by atoms with Crippen molar-refractivity contribution in [1.29, 1.82) is 0 Å². The lowest BCUT2D eigenvalue weighted by Crippen LogP contribution is -2.20. The first-order valence-corrected chi connectivity index (χ1v) is 5.63. The summed E-state index contributed by atoms with van der Waals surface area (Å²) in [7, 11) is 0. The summed E-state index contributed by atoms with van der Waals surface area (Å²) >= 11 is 0. The summed E-state index contributed by atoms with van der Waals surface area (Å²) < 4.78 is 10.8. The number of hydrogen-bond acceptors (Lipinski definition) is 2. The lowest BCUT2D eigenvalue weighted by Gasteiger charge is -2.25. The van der Waals surface area contributed by atoms with E-state index in [1.54, 1.807) is 6.26 Å². The minimum absolute atomic E-state index is 0.458. The molecule has 1 aliphatic rings. The molecule has 82 valence electrons. The summed E-state index contributed by atoms with van der Waals surface area (Å²) in [6.45, 7) is 6.97. The third kappa shape index (κ3) is 3.33. The van der Waals surface area contributed by atoms with Gasteiger partial charge in [0.1, 0.15) is 0 Å². The Morgan fingerprint density at radius 3 is 2.93 bits per heavy atom. The first-order chi connectivity index (χ1) is 6.83. The highest BCUT2D eigenvalue weighted by atomic mass is 16.5. The van der Waals surface area contributed by atoms with Gasteiger partial charge in [-0.05, 0) is 38.0 Å². The van der Waals surface area contributed by atoms with Crippen molar-refractivity contribution in [1.82, 2.24) is 0 Å². The van der Waals surface area contributed by atoms with Crippen molar-refractivity contribution in [2.45, 2.75) is 39.5 Å². The van der Waals surface area contributed by atoms with Gasteiger partial charge in [0.25, 0.3) is 0 Å². The van der Waals surface area contributed by atoms with Gasteiger partial charge in [0, 0.05) is 6.61 Å². The van der Waals surface area contributed by atoms with Crippen molar-refractivity contribution in [2.75, 3.05) is 19.8 Å². The lowest BCUT2D eigenvalue weighted by atomic mass is 9.80. The van der Waals surface area contributed by atoms with Crippen LogP contribution >= 0.6 is 0 Å². The molecule has 0 spiro atoms. The van der Waals surface area contributed by atoms with Crippen molar-refractivity contribution < 1.29 is 9.47 Å². The Labute approximate surface area is 87.3 Å². The third-order valence-electron chi connectivity index (χ3n) is 3.14. The molecule has 1 aliphatic heterocycles. The molecule has 0 amide bonds. The van der Waals surface area contributed by atoms with Gasteiger partial charge in [0.05, 0.1) is 19.5 Å². The monoisotopic (exact) mass is 198 g/mol. The SMILES string of the molecule is C/C=C/OCCCC1(CC)CCOC1. The van der Waals surface area contributed by atoms with E-state index in [0.29, 0.717) is 5.41 Å². The third-order valence-corrected chi connectivity index (χ3v) is 3.14. The van der Waals surface area contributed by atoms with E-state index in [9.17, 15) is 0 Å². The van der Waals surface area contributed by atoms with Crippen LogP contribution in [0.4, 0.5) is 0 Å². The zero-order valence-electron chi connectivity index (χ0n) is 9.42. The number of allylic oxidation sites excluding steroid dienone is 1. The molecule has 1 heterocycles. The molecule has 0 aromatic heterocycles. The maximum Gasteiger partial charge on any atom is 0.0873 e. The van der Waals surface area contributed by atoms with Crippen LogP contribution in [-0.2, 0) is 9.47 Å². The second-order valence-corrected chi connectivity index (χ2v) is 4.10. The largest absolute Gasteiger partial charge is 0.502 e. The van der Waals surface area contributed by atoms with Crippen LogP contribution in [0.25, 0.3) is 0 Å². The molecule has 0 saturated carbocycles. The van der Waals surface area contributed by atoms with Gasteiger partial charge in [0.2, 0.25) is 0 Å². The molecular formula is C12H22O2. The average Bonchev–Trinajstić information content (AvgIpc) is 2.67. The van der Waals surface area contributed by atoms with Crippen LogP contribution in [0.1, 0.15) is 39.5 Å². The normalized spacial score (nSPS) is 27.3. The van der Waals surface area contributed by atoms with Crippen molar-refractivity contribution in [3.05, 3.63) is 12.3 Å². The standard InChI is InChI=1S/C12H22O2/c1-3-8-13-9-5-6-12(4-2)7-10-14-11-12/h3,8H,4-7,9-11H2,1-2H3/b8-3+. The van der Waals surface area contributed by atoms with Gasteiger partial charge < -0.3 is 9.47 Å². The highest BCUT2D eigenvalue weighted by Crippen LogP contribution is 2.36. The molecule has 1 unspecified atom stereocenters. The maximum atomic E-state index is 5.47. The number of rotatable bonds is 6. The molecule has 0 aliphatic carbocycles. The predicted octanol–water partition coefficient (Wildman–Crippen LogP) is 3.13. The Kier molecular flexibility index (Phi) is 5.02. The fourth-order valence-corrected chi connectivity index (χ4v) is 2.00. The number of hydrogen-bond donors (Lipinski definition) is 0. The Bertz CT molecular complexity index is 169. The molecule has 1 rings (SSSR count). The topological polar surface area (TPSA) is 18.5 Å². The average molecular weight is 198 g/mol. The lowest BCUT2D eigenvalue weighted by molar-refractivity contribution is 0.132. The van der Waals surface area contributed by atoms with E-state index < -0.39 is 0 Å². The van der Waals surface area contributed by atoms with Crippen LogP contribution in [-0.4, -0.2) is 19.8 Å². The van der Waals surface area contributed by atoms with E-state index in [0.717, 1.165) is 26.2 Å². The van der Waals surface area contributed by atoms with Gasteiger partial charge in [0.15, 0.2) is 0 Å². The van der Waals surface area contributed by atoms with E-state index in [2.05, 4.69) is 6.92 Å². The fourth-order valence-electron chi connectivity index (χ4n) is 2.00. The zero-order valence-corrected chi connectivity index (χ0v) is 9.42. The smallest absolute Gasteiger partial charge is 0.0873 e. The quantitative estimate of drug-likeness (QED) is 0.482. The Hall–Kier alpha value is -0.500. The second-order valence-electron chi connectivity index (χ2n) is 4.10. The first kappa shape index (κ1) is 11.6. The van der Waals surface area contributed by atoms with Gasteiger partial charge in [-0.25, -0.2) is 0 Å². The second kappa shape index (κ2) is 6.07. The molecule has 0 N–H and O–H groups in total. The van der Waals surface area contributed by atoms with E-state index in [1.807, 2.05) is 13.0 Å². The van der Waals surface area contributed by atoms with Gasteiger partial charge in [-0.1, -0.05) is 13.0 Å². The molecule has 2 nitrogen and oxygen atoms in total. The van der Waals surface area contributed by atoms with Crippen LogP contribution in [0.2, 0.25) is 0 Å². The fraction of sp³-hybridized carbons (Fsp3) is 0.833. The van der Waals surface area contributed by atoms with Gasteiger partial charge in [-0.2, -0.15) is 0 Å². The van der Waals surface area contributed by atoms with Crippen molar-refractivity contribution in [3.63, 3.8) is 0 Å². The van der Waals surface area contributed by atoms with Crippen LogP contribution in [0.5, 0.6) is 0 Å². The summed E-state index contributed by atoms with van der Waals surface area (Å²) in [6.07, 6.45) is 8.53. The Balaban J connectivity index is 2.14. The minimum atomic E-state index is 0.458. The van der Waals surface area contributed by atoms with Crippen LogP contribution in [0.3, 0.4) is 0 Å². The summed E-state index contributed by atoms with van der Waals surface area (Å²) in [6, 6.07) is 0. The van der Waals surface area contributed by atoms with Crippen molar-refractivity contribution in [3.8, 4) is 0 Å². The highest BCUT2D eigenvalue weighted by molar-refractivity contribution is 4.81. The maximum absolute atomic E-state index is 5.47. The molecule has 1 fully saturated rings. The van der Waals surface area contributed by atoms with E-state index in [1.165, 1.54) is 19.3 Å². The van der Waals surface area contributed by atoms with Gasteiger partial charge in [-0.3, -0.25) is 0 Å². The summed E-state index contributed by atoms with van der Waals surface area (Å²) in [5.74, 6) is 0. The molecule has 14 heavy (non-hydrogen) atoms. The van der Waals surface area contributed by atoms with Crippen LogP contribution in [0.15, 0.2) is 12.3 Å². The highest BCUT2D eigenvalue weighted by Gasteiger charge is 2.32. The van der Waals surface area contributed by atoms with E-state index in [4.69, 9.17) is 9.47 Å². The Morgan fingerprint density at radius 2 is 2.36 bits per heavy atom. The summed E-state index contributed by atoms with van der Waals surface area (Å²) in [4.78, 5) is 0. The summed E-state index contributed by atoms with van der Waals surface area (Å²) in [5, 5.41) is 0. The van der Waals surface area contributed by atoms with Crippen LogP contribution in [0, 0.1) is 5.41 Å². The summed E-state index contributed by atoms with van der Waals surface area (Å²) in [5.41, 5.74) is 0.458. The molecule has 0 bridgehead atoms. The Morgan fingerprint density at radius 1 is 1.50 bits per heavy atom. The number of ether oxygens (including phenoxy) is 2. The zero-order chi connectivity index (χ0) is 10.3. The van der Waals surface area contributed by atoms with E-state index >= 15 is 0 Å². The van der Waals surface area contributed by atoms with Crippen molar-refractivity contribution >= 4 is 0 Å². The van der Waals surface area contributed by atoms with Gasteiger partial charge in [-0.15, -0.1) is 0 Å². The molecule has 0 aromatic carbocycles. The minimum Gasteiger partial charge on any atom is -0.502 e. The van der Waals surface area contributed by atoms with Crippen molar-refractivity contribution in [2.24, 2.45) is 5.41 Å². The van der Waals surface area contributed by atoms with E-state index in [-0.39, 0.29) is 0 Å². The van der Waals surface area contributed by atoms with Crippen LogP contribution < -0.4 is 0 Å². The van der Waals surface area contributed by atoms with Gasteiger partial charge >= 0.3 is 0 Å². The molecule has 0 aromatic rings. The first-order valence-electron chi connectivity index (χ1n) is 5.63. The molecule has 0 radical (unpaired) electrons. The predicted molar refractivity (Wildman–Crippen MR) is 58.2 cm³/mol. The molecule has 1 atom stereocenters. The molecular weight excluding hydrogens is 176 g/mol. The molecule has 1 saturated heterocycles. The molecule has 2 heteroatoms.